The quantitative estimate of drug-likeness (QED) is 0.113. The van der Waals surface area contributed by atoms with Gasteiger partial charge in [-0.1, -0.05) is 108 Å². The molecule has 0 rings (SSSR count). The summed E-state index contributed by atoms with van der Waals surface area (Å²) in [6.07, 6.45) is 2.75. The number of hydrogen-bond donors (Lipinski definition) is 0. The molecule has 294 valence electrons. The zero-order valence-electron chi connectivity index (χ0n) is 34.1. The molecule has 0 aromatic rings. The predicted octanol–water partition coefficient (Wildman–Crippen LogP) is 8.36. The van der Waals surface area contributed by atoms with Crippen LogP contribution in [0, 0.1) is 0 Å². The number of hydrogen-bond acceptors (Lipinski definition) is 6. The Labute approximate surface area is 324 Å². The van der Waals surface area contributed by atoms with Crippen LogP contribution in [0.5, 0.6) is 0 Å². The van der Waals surface area contributed by atoms with Crippen molar-refractivity contribution in [3.63, 3.8) is 0 Å². The summed E-state index contributed by atoms with van der Waals surface area (Å²) >= 11 is 0. The number of nitrogens with zero attached hydrogens (tertiary/aromatic N) is 9. The van der Waals surface area contributed by atoms with Crippen LogP contribution in [-0.2, 0) is 49.5 Å². The van der Waals surface area contributed by atoms with E-state index in [9.17, 15) is 0 Å². The average Bonchev–Trinajstić information content (AvgIpc) is 2.82. The first-order valence-corrected chi connectivity index (χ1v) is 16.6. The molecule has 2 unspecified atom stereocenters. The van der Waals surface area contributed by atoms with Crippen molar-refractivity contribution in [3.8, 4) is 0 Å². The molecule has 0 fully saturated rings. The van der Waals surface area contributed by atoms with Gasteiger partial charge in [-0.2, -0.15) is 0 Å². The molecule has 9 nitrogen and oxygen atoms in total. The van der Waals surface area contributed by atoms with Gasteiger partial charge in [0.2, 0.25) is 0 Å². The zero-order chi connectivity index (χ0) is 35.3. The molecule has 0 heterocycles. The van der Waals surface area contributed by atoms with Crippen LogP contribution in [0.25, 0.3) is 16.0 Å². The van der Waals surface area contributed by atoms with Crippen molar-refractivity contribution in [2.75, 3.05) is 68.5 Å². The van der Waals surface area contributed by atoms with Crippen molar-refractivity contribution in [2.45, 2.75) is 145 Å². The Morgan fingerprint density at radius 2 is 0.936 bits per heavy atom. The number of amidine groups is 3. The van der Waals surface area contributed by atoms with Crippen LogP contribution in [0.1, 0.15) is 116 Å². The molecule has 0 bridgehead atoms. The maximum absolute atomic E-state index is 4.63. The second kappa shape index (κ2) is 30.6. The van der Waals surface area contributed by atoms with Crippen LogP contribution in [0.3, 0.4) is 0 Å². The molecule has 47 heavy (non-hydrogen) atoms. The standard InChI is InChI=1S/2C12H26N3.C11H24N3.3Ni/c1-8-11(14-12(3,4)5)13-10(2)9-15(6)7;1-8-11(14-12(3,4)5)13-9-10(2)15(6)7;1-7-10(13-11(2,3)4)12-8-9-14(5)6;;;/h2*10H,8-9H2,1-7H3;7-9H2,1-6H3;;;/q3*-1;;;. The monoisotopic (exact) mass is 796 g/mol. The third kappa shape index (κ3) is 45.8. The second-order valence-electron chi connectivity index (χ2n) is 15.2. The van der Waals surface area contributed by atoms with Crippen molar-refractivity contribution in [1.82, 2.24) is 14.7 Å². The van der Waals surface area contributed by atoms with Gasteiger partial charge in [0.25, 0.3) is 0 Å². The molecule has 0 N–H and O–H groups in total. The molecule has 2 atom stereocenters. The maximum atomic E-state index is 4.63. The van der Waals surface area contributed by atoms with Gasteiger partial charge in [-0.15, -0.1) is 0 Å². The predicted molar refractivity (Wildman–Crippen MR) is 202 cm³/mol. The van der Waals surface area contributed by atoms with Crippen molar-refractivity contribution in [3.05, 3.63) is 16.0 Å². The minimum atomic E-state index is -0.0212. The molecule has 0 saturated heterocycles. The maximum Gasteiger partial charge on any atom is 0.00539 e. The molecule has 0 aromatic heterocycles. The Morgan fingerprint density at radius 1 is 0.574 bits per heavy atom. The SMILES string of the molecule is CCC(=NC(C)(C)C)[N-]C(C)CN(C)C.CCC(=NC(C)(C)C)[N-]CC(C)N(C)C.CCC(=NC(C)(C)C)[N-]CCN(C)C.[Ni].[Ni].[Ni]. The van der Waals surface area contributed by atoms with Crippen molar-refractivity contribution >= 4 is 17.5 Å². The van der Waals surface area contributed by atoms with E-state index in [1.54, 1.807) is 0 Å². The molecular formula is C35H76N9Ni3-3. The smallest absolute Gasteiger partial charge is 0.00539 e. The fourth-order valence-corrected chi connectivity index (χ4v) is 3.42. The van der Waals surface area contributed by atoms with Crippen LogP contribution in [0.15, 0.2) is 15.0 Å². The summed E-state index contributed by atoms with van der Waals surface area (Å²) in [4.78, 5) is 20.2. The number of rotatable bonds is 12. The molecule has 0 amide bonds. The minimum Gasteiger partial charge on any atom is -0.468 e. The van der Waals surface area contributed by atoms with E-state index in [1.165, 1.54) is 0 Å². The van der Waals surface area contributed by atoms with Crippen molar-refractivity contribution < 1.29 is 49.5 Å². The van der Waals surface area contributed by atoms with E-state index in [0.29, 0.717) is 12.1 Å². The third-order valence-electron chi connectivity index (χ3n) is 5.60. The molecule has 0 aromatic carbocycles. The number of likely N-dealkylation sites (N-methyl/N-ethyl adjacent to an activating group) is 3. The van der Waals surface area contributed by atoms with E-state index < -0.39 is 0 Å². The topological polar surface area (TPSA) is 89.1 Å². The van der Waals surface area contributed by atoms with Gasteiger partial charge in [-0.25, -0.2) is 0 Å². The Bertz CT molecular complexity index is 809. The minimum absolute atomic E-state index is 0. The third-order valence-corrected chi connectivity index (χ3v) is 5.60. The van der Waals surface area contributed by atoms with Crippen LogP contribution in [-0.4, -0.2) is 129 Å². The van der Waals surface area contributed by atoms with E-state index in [-0.39, 0.29) is 66.1 Å². The number of aliphatic imine (C=N–C) groups is 3. The summed E-state index contributed by atoms with van der Waals surface area (Å²) in [7, 11) is 12.4. The summed E-state index contributed by atoms with van der Waals surface area (Å²) in [5.74, 6) is 2.95. The molecule has 0 radical (unpaired) electrons. The second-order valence-corrected chi connectivity index (χ2v) is 15.2. The summed E-state index contributed by atoms with van der Waals surface area (Å²) in [6.45, 7) is 33.2. The van der Waals surface area contributed by atoms with Gasteiger partial charge in [-0.05, 0) is 117 Å². The Hall–Kier alpha value is -0.229. The summed E-state index contributed by atoms with van der Waals surface area (Å²) in [6, 6.07) is 0.794. The van der Waals surface area contributed by atoms with Crippen molar-refractivity contribution in [1.29, 1.82) is 0 Å². The van der Waals surface area contributed by atoms with Gasteiger partial charge in [0.1, 0.15) is 0 Å². The Kier molecular flexibility index (Phi) is 38.4. The fraction of sp³-hybridized carbons (Fsp3) is 0.914. The van der Waals surface area contributed by atoms with Gasteiger partial charge in [0, 0.05) is 55.5 Å². The summed E-state index contributed by atoms with van der Waals surface area (Å²) < 4.78 is 0. The zero-order valence-corrected chi connectivity index (χ0v) is 37.0. The van der Waals surface area contributed by atoms with Gasteiger partial charge < -0.3 is 45.6 Å². The van der Waals surface area contributed by atoms with Gasteiger partial charge >= 0.3 is 0 Å². The van der Waals surface area contributed by atoms with E-state index in [1.807, 2.05) is 0 Å². The Morgan fingerprint density at radius 3 is 1.23 bits per heavy atom. The molecule has 12 heteroatoms. The first-order chi connectivity index (χ1) is 19.8. The Balaban J connectivity index is -0.000000130. The van der Waals surface area contributed by atoms with Crippen LogP contribution in [0.2, 0.25) is 0 Å². The molecule has 0 aliphatic rings. The first kappa shape index (κ1) is 58.9. The normalized spacial score (nSPS) is 14.0. The summed E-state index contributed by atoms with van der Waals surface area (Å²) in [5.41, 5.74) is -0.0458. The van der Waals surface area contributed by atoms with E-state index in [0.717, 1.165) is 62.9 Å². The first-order valence-electron chi connectivity index (χ1n) is 16.6. The van der Waals surface area contributed by atoms with Gasteiger partial charge in [0.15, 0.2) is 0 Å². The molecular weight excluding hydrogens is 723 g/mol. The molecule has 0 aliphatic carbocycles. The molecule has 0 aliphatic heterocycles. The van der Waals surface area contributed by atoms with E-state index in [4.69, 9.17) is 0 Å². The molecule has 0 spiro atoms. The van der Waals surface area contributed by atoms with Gasteiger partial charge in [0.05, 0.1) is 0 Å². The van der Waals surface area contributed by atoms with E-state index in [2.05, 4.69) is 185 Å². The van der Waals surface area contributed by atoms with Crippen molar-refractivity contribution in [2.24, 2.45) is 15.0 Å². The van der Waals surface area contributed by atoms with Crippen LogP contribution in [0.4, 0.5) is 0 Å². The van der Waals surface area contributed by atoms with Gasteiger partial charge in [-0.3, -0.25) is 0 Å². The van der Waals surface area contributed by atoms with Crippen LogP contribution < -0.4 is 0 Å². The largest absolute Gasteiger partial charge is 0.468 e. The summed E-state index contributed by atoms with van der Waals surface area (Å²) in [5, 5.41) is 13.7. The fourth-order valence-electron chi connectivity index (χ4n) is 3.42. The van der Waals surface area contributed by atoms with Crippen LogP contribution >= 0.6 is 0 Å². The average molecular weight is 799 g/mol. The van der Waals surface area contributed by atoms with E-state index >= 15 is 0 Å². The molecule has 0 saturated carbocycles.